The van der Waals surface area contributed by atoms with Crippen LogP contribution in [0.1, 0.15) is 5.48 Å². The maximum absolute atomic E-state index is 7.72. The van der Waals surface area contributed by atoms with Gasteiger partial charge >= 0.3 is 0 Å². The van der Waals surface area contributed by atoms with Gasteiger partial charge in [-0.25, -0.2) is 5.84 Å². The molecule has 0 spiro atoms. The monoisotopic (exact) mass is 164 g/mol. The Bertz CT molecular complexity index is 572. The summed E-state index contributed by atoms with van der Waals surface area (Å²) in [7, 11) is 0. The predicted octanol–water partition coefficient (Wildman–Crippen LogP) is 0.915. The van der Waals surface area contributed by atoms with Crippen molar-refractivity contribution < 1.29 is 5.48 Å². The molecular formula is C8H8N4. The highest BCUT2D eigenvalue weighted by atomic mass is 15.3. The number of nitrogen functional groups attached to an aromatic ring is 1. The van der Waals surface area contributed by atoms with Gasteiger partial charge in [0.2, 0.25) is 0 Å². The number of benzene rings is 1. The highest BCUT2D eigenvalue weighted by Gasteiger charge is 1.98. The summed E-state index contributed by atoms with van der Waals surface area (Å²) in [5.74, 6) is 5.35. The molecule has 1 heterocycles. The van der Waals surface area contributed by atoms with Crippen molar-refractivity contribution >= 4 is 16.6 Å². The van der Waals surface area contributed by atoms with Crippen LogP contribution in [0.15, 0.2) is 30.4 Å². The molecule has 0 saturated carbocycles. The number of nitrogens with two attached hydrogens (primary N) is 1. The Balaban J connectivity index is 3.02. The lowest BCUT2D eigenvalue weighted by Crippen LogP contribution is -2.09. The summed E-state index contributed by atoms with van der Waals surface area (Å²) < 4.78 is 30.4. The van der Waals surface area contributed by atoms with Crippen molar-refractivity contribution in [3.8, 4) is 0 Å². The average Bonchev–Trinajstić information content (AvgIpc) is 2.32. The van der Waals surface area contributed by atoms with Gasteiger partial charge in [0.25, 0.3) is 0 Å². The van der Waals surface area contributed by atoms with Crippen molar-refractivity contribution in [1.29, 1.82) is 0 Å². The third-order valence-electron chi connectivity index (χ3n) is 1.43. The maximum Gasteiger partial charge on any atom is 0.170 e. The first-order valence-corrected chi connectivity index (χ1v) is 3.26. The number of anilines is 1. The molecule has 0 aliphatic heterocycles. The lowest BCUT2D eigenvalue weighted by Gasteiger charge is -2.01. The summed E-state index contributed by atoms with van der Waals surface area (Å²) in [6.07, 6.45) is 1.29. The van der Waals surface area contributed by atoms with Gasteiger partial charge in [-0.3, -0.25) is 0 Å². The van der Waals surface area contributed by atoms with Gasteiger partial charge in [-0.2, -0.15) is 5.10 Å². The zero-order chi connectivity index (χ0) is 11.9. The highest BCUT2D eigenvalue weighted by Crippen LogP contribution is 2.17. The van der Waals surface area contributed by atoms with Crippen molar-refractivity contribution in [1.82, 2.24) is 10.2 Å². The molecule has 4 nitrogen and oxygen atoms in total. The van der Waals surface area contributed by atoms with E-state index < -0.39 is 0 Å². The van der Waals surface area contributed by atoms with E-state index in [0.29, 0.717) is 0 Å². The van der Waals surface area contributed by atoms with Crippen molar-refractivity contribution in [2.24, 2.45) is 5.84 Å². The molecule has 3 N–H and O–H groups in total. The fraction of sp³-hybridized carbons (Fsp3) is 0. The number of rotatable bonds is 1. The molecular weight excluding hydrogens is 152 g/mol. The number of nitrogens with zero attached hydrogens (tertiary/aromatic N) is 2. The fourth-order valence-electron chi connectivity index (χ4n) is 0.901. The Hall–Kier alpha value is -1.68. The van der Waals surface area contributed by atoms with E-state index in [0.717, 1.165) is 0 Å². The van der Waals surface area contributed by atoms with E-state index in [2.05, 4.69) is 15.6 Å². The van der Waals surface area contributed by atoms with Crippen molar-refractivity contribution in [2.75, 3.05) is 5.43 Å². The number of hydrogen-bond acceptors (Lipinski definition) is 4. The van der Waals surface area contributed by atoms with E-state index in [9.17, 15) is 0 Å². The van der Waals surface area contributed by atoms with Crippen LogP contribution in [0.4, 0.5) is 5.82 Å². The zero-order valence-corrected chi connectivity index (χ0v) is 6.05. The third kappa shape index (κ3) is 0.981. The number of hydrogen-bond donors (Lipinski definition) is 2. The molecule has 2 aromatic rings. The van der Waals surface area contributed by atoms with Crippen molar-refractivity contribution in [3.63, 3.8) is 0 Å². The Morgan fingerprint density at radius 3 is 3.08 bits per heavy atom. The van der Waals surface area contributed by atoms with Crippen LogP contribution in [0.5, 0.6) is 0 Å². The van der Waals surface area contributed by atoms with Gasteiger partial charge in [0.15, 0.2) is 5.82 Å². The first kappa shape index (κ1) is 3.82. The summed E-state index contributed by atoms with van der Waals surface area (Å²) in [4.78, 5) is 0. The Kier molecular flexibility index (Phi) is 0.875. The predicted molar refractivity (Wildman–Crippen MR) is 47.3 cm³/mol. The van der Waals surface area contributed by atoms with E-state index in [1.54, 1.807) is 0 Å². The van der Waals surface area contributed by atoms with E-state index in [4.69, 9.17) is 11.3 Å². The topological polar surface area (TPSA) is 63.8 Å². The summed E-state index contributed by atoms with van der Waals surface area (Å²) in [5.41, 5.74) is 2.26. The second-order valence-corrected chi connectivity index (χ2v) is 2.13. The van der Waals surface area contributed by atoms with E-state index in [1.165, 1.54) is 6.20 Å². The van der Waals surface area contributed by atoms with Crippen LogP contribution in [-0.4, -0.2) is 10.2 Å². The number of nitrogens with one attached hydrogen (secondary N) is 1. The number of hydrazine groups is 1. The Morgan fingerprint density at radius 2 is 2.25 bits per heavy atom. The summed E-state index contributed by atoms with van der Waals surface area (Å²) in [6.45, 7) is 0. The molecule has 60 valence electrons. The van der Waals surface area contributed by atoms with Crippen LogP contribution >= 0.6 is 0 Å². The van der Waals surface area contributed by atoms with Crippen molar-refractivity contribution in [2.45, 2.75) is 0 Å². The second kappa shape index (κ2) is 2.75. The molecule has 0 saturated heterocycles. The molecule has 0 radical (unpaired) electrons. The van der Waals surface area contributed by atoms with Gasteiger partial charge < -0.3 is 5.43 Å². The lowest BCUT2D eigenvalue weighted by molar-refractivity contribution is 1.04. The Labute approximate surface area is 75.0 Å². The minimum atomic E-state index is -0.318. The largest absolute Gasteiger partial charge is 0.306 e. The number of fused-ring (bicyclic) bond motifs is 1. The zero-order valence-electron chi connectivity index (χ0n) is 10.0. The molecule has 0 fully saturated rings. The summed E-state index contributed by atoms with van der Waals surface area (Å²) >= 11 is 0. The molecule has 0 unspecified atom stereocenters. The summed E-state index contributed by atoms with van der Waals surface area (Å²) in [5, 5.41) is 7.81. The second-order valence-electron chi connectivity index (χ2n) is 2.13. The molecule has 2 rings (SSSR count). The van der Waals surface area contributed by atoms with Gasteiger partial charge in [0.05, 0.1) is 11.7 Å². The van der Waals surface area contributed by atoms with Crippen LogP contribution in [0.3, 0.4) is 0 Å². The maximum atomic E-state index is 7.72. The molecule has 12 heavy (non-hydrogen) atoms. The minimum absolute atomic E-state index is 0.129. The van der Waals surface area contributed by atoms with Gasteiger partial charge in [-0.05, 0) is 0 Å². The molecule has 1 aromatic heterocycles. The lowest BCUT2D eigenvalue weighted by atomic mass is 10.2. The van der Waals surface area contributed by atoms with Crippen LogP contribution in [-0.2, 0) is 0 Å². The highest BCUT2D eigenvalue weighted by molar-refractivity contribution is 5.90. The molecule has 1 aromatic carbocycles. The minimum Gasteiger partial charge on any atom is -0.306 e. The van der Waals surface area contributed by atoms with Gasteiger partial charge in [-0.1, -0.05) is 24.2 Å². The molecule has 0 aliphatic rings. The van der Waals surface area contributed by atoms with Crippen LogP contribution < -0.4 is 11.3 Å². The average molecular weight is 164 g/mol. The molecule has 0 bridgehead atoms. The first-order valence-electron chi connectivity index (χ1n) is 5.26. The van der Waals surface area contributed by atoms with Crippen LogP contribution in [0.25, 0.3) is 10.8 Å². The first-order chi connectivity index (χ1) is 7.57. The van der Waals surface area contributed by atoms with Gasteiger partial charge in [-0.15, -0.1) is 5.10 Å². The van der Waals surface area contributed by atoms with E-state index in [1.807, 2.05) is 0 Å². The van der Waals surface area contributed by atoms with Crippen LogP contribution in [0, 0.1) is 0 Å². The van der Waals surface area contributed by atoms with Crippen LogP contribution in [0.2, 0.25) is 0 Å². The molecule has 0 atom stereocenters. The standard InChI is InChI=1S/C8H8N4/c9-11-8-7-4-2-1-3-6(7)5-10-12-8/h1-5H,9H2,(H,11,12)/i1D,2D,3D,4D. The molecule has 0 aliphatic carbocycles. The van der Waals surface area contributed by atoms with Crippen molar-refractivity contribution in [3.05, 3.63) is 30.4 Å². The van der Waals surface area contributed by atoms with Gasteiger partial charge in [0.1, 0.15) is 0 Å². The van der Waals surface area contributed by atoms with E-state index >= 15 is 0 Å². The molecule has 4 heteroatoms. The summed E-state index contributed by atoms with van der Waals surface area (Å²) in [6, 6.07) is -0.947. The quantitative estimate of drug-likeness (QED) is 0.486. The SMILES string of the molecule is [2H]c1c([2H])c([2H])c2c(NN)nncc2c1[2H]. The van der Waals surface area contributed by atoms with Gasteiger partial charge in [0, 0.05) is 10.8 Å². The Morgan fingerprint density at radius 1 is 1.42 bits per heavy atom. The third-order valence-corrected chi connectivity index (χ3v) is 1.43. The smallest absolute Gasteiger partial charge is 0.170 e. The normalized spacial score (nSPS) is 14.8. The number of aromatic nitrogens is 2. The van der Waals surface area contributed by atoms with E-state index in [-0.39, 0.29) is 40.8 Å². The fourth-order valence-corrected chi connectivity index (χ4v) is 0.901. The molecule has 0 amide bonds.